The van der Waals surface area contributed by atoms with Crippen molar-refractivity contribution < 1.29 is 14.0 Å². The number of hydrogen-bond acceptors (Lipinski definition) is 2. The van der Waals surface area contributed by atoms with Crippen LogP contribution in [0.4, 0.5) is 10.1 Å². The second-order valence-corrected chi connectivity index (χ2v) is 8.13. The zero-order valence-corrected chi connectivity index (χ0v) is 16.6. The van der Waals surface area contributed by atoms with Gasteiger partial charge >= 0.3 is 0 Å². The summed E-state index contributed by atoms with van der Waals surface area (Å²) in [5, 5.41) is 3.24. The first kappa shape index (κ1) is 19.6. The Balaban J connectivity index is 1.81. The average molecular weight is 394 g/mol. The standard InChI is InChI=1S/C24H27FN2O2/c25-19-10-6-13-21(16-19)27(17-28)24(23(29)26-20-11-2-1-3-12-20)15-7-9-18-8-4-5-14-22(18)24/h4-6,8,10,13-14,16-17,20H,1-3,7,9,11-12,15H2,(H,26,29)/t24-/m1/s1. The number of rotatable bonds is 5. The molecule has 0 aliphatic heterocycles. The molecule has 5 heteroatoms. The van der Waals surface area contributed by atoms with Crippen molar-refractivity contribution in [3.8, 4) is 0 Å². The van der Waals surface area contributed by atoms with E-state index in [-0.39, 0.29) is 11.9 Å². The van der Waals surface area contributed by atoms with Gasteiger partial charge in [0.1, 0.15) is 5.82 Å². The van der Waals surface area contributed by atoms with Crippen molar-refractivity contribution in [1.82, 2.24) is 5.32 Å². The maximum Gasteiger partial charge on any atom is 0.251 e. The van der Waals surface area contributed by atoms with Crippen LogP contribution < -0.4 is 10.2 Å². The number of nitrogens with zero attached hydrogens (tertiary/aromatic N) is 1. The summed E-state index contributed by atoms with van der Waals surface area (Å²) in [6.07, 6.45) is 8.18. The highest BCUT2D eigenvalue weighted by molar-refractivity contribution is 5.98. The van der Waals surface area contributed by atoms with Gasteiger partial charge in [-0.1, -0.05) is 49.6 Å². The number of amides is 2. The maximum absolute atomic E-state index is 14.0. The van der Waals surface area contributed by atoms with E-state index in [4.69, 9.17) is 0 Å². The quantitative estimate of drug-likeness (QED) is 0.761. The molecule has 1 fully saturated rings. The zero-order valence-electron chi connectivity index (χ0n) is 16.6. The number of nitrogens with one attached hydrogen (secondary N) is 1. The molecule has 2 amide bonds. The van der Waals surface area contributed by atoms with E-state index in [0.29, 0.717) is 18.5 Å². The van der Waals surface area contributed by atoms with Gasteiger partial charge in [0, 0.05) is 11.7 Å². The fourth-order valence-electron chi connectivity index (χ4n) is 4.96. The number of aryl methyl sites for hydroxylation is 1. The molecule has 4 nitrogen and oxygen atoms in total. The summed E-state index contributed by atoms with van der Waals surface area (Å²) < 4.78 is 14.0. The van der Waals surface area contributed by atoms with Crippen LogP contribution >= 0.6 is 0 Å². The highest BCUT2D eigenvalue weighted by Crippen LogP contribution is 2.42. The van der Waals surface area contributed by atoms with E-state index < -0.39 is 11.4 Å². The number of halogens is 1. The SMILES string of the molecule is O=CN(c1cccc(F)c1)[C@]1(C(=O)NC2CCCCC2)CCCc2ccccc21. The van der Waals surface area contributed by atoms with Crippen molar-refractivity contribution in [2.75, 3.05) is 4.90 Å². The van der Waals surface area contributed by atoms with Crippen LogP contribution in [0.25, 0.3) is 0 Å². The number of anilines is 1. The fourth-order valence-corrected chi connectivity index (χ4v) is 4.96. The monoisotopic (exact) mass is 394 g/mol. The Bertz CT molecular complexity index is 894. The van der Waals surface area contributed by atoms with Crippen molar-refractivity contribution in [2.24, 2.45) is 0 Å². The summed E-state index contributed by atoms with van der Waals surface area (Å²) in [6.45, 7) is 0. The van der Waals surface area contributed by atoms with Gasteiger partial charge in [-0.3, -0.25) is 14.5 Å². The molecule has 0 aromatic heterocycles. The fraction of sp³-hybridized carbons (Fsp3) is 0.417. The van der Waals surface area contributed by atoms with Crippen LogP contribution in [-0.4, -0.2) is 18.4 Å². The van der Waals surface area contributed by atoms with Crippen LogP contribution in [0.15, 0.2) is 48.5 Å². The van der Waals surface area contributed by atoms with Crippen LogP contribution in [0, 0.1) is 5.82 Å². The van der Waals surface area contributed by atoms with Crippen LogP contribution in [0.1, 0.15) is 56.1 Å². The van der Waals surface area contributed by atoms with Crippen molar-refractivity contribution in [3.05, 3.63) is 65.5 Å². The van der Waals surface area contributed by atoms with Crippen LogP contribution in [0.2, 0.25) is 0 Å². The summed E-state index contributed by atoms with van der Waals surface area (Å²) in [4.78, 5) is 27.6. The summed E-state index contributed by atoms with van der Waals surface area (Å²) in [5.41, 5.74) is 1.15. The molecule has 4 rings (SSSR count). The summed E-state index contributed by atoms with van der Waals surface area (Å²) in [7, 11) is 0. The van der Waals surface area contributed by atoms with Gasteiger partial charge in [-0.15, -0.1) is 0 Å². The predicted molar refractivity (Wildman–Crippen MR) is 111 cm³/mol. The lowest BCUT2D eigenvalue weighted by Crippen LogP contribution is -2.59. The first-order valence-electron chi connectivity index (χ1n) is 10.5. The molecule has 29 heavy (non-hydrogen) atoms. The Labute approximate surface area is 171 Å². The van der Waals surface area contributed by atoms with Crippen LogP contribution in [0.5, 0.6) is 0 Å². The van der Waals surface area contributed by atoms with Gasteiger partial charge in [-0.05, 0) is 61.4 Å². The molecule has 0 heterocycles. The average Bonchev–Trinajstić information content (AvgIpc) is 2.75. The first-order chi connectivity index (χ1) is 14.1. The lowest BCUT2D eigenvalue weighted by Gasteiger charge is -2.45. The topological polar surface area (TPSA) is 49.4 Å². The van der Waals surface area contributed by atoms with Crippen molar-refractivity contribution in [1.29, 1.82) is 0 Å². The third-order valence-electron chi connectivity index (χ3n) is 6.37. The minimum Gasteiger partial charge on any atom is -0.351 e. The minimum atomic E-state index is -1.16. The van der Waals surface area contributed by atoms with Gasteiger partial charge in [0.2, 0.25) is 6.41 Å². The number of benzene rings is 2. The molecular formula is C24H27FN2O2. The zero-order chi connectivity index (χ0) is 20.3. The Kier molecular flexibility index (Phi) is 5.65. The predicted octanol–water partition coefficient (Wildman–Crippen LogP) is 4.47. The molecule has 0 radical (unpaired) electrons. The minimum absolute atomic E-state index is 0.128. The van der Waals surface area contributed by atoms with Crippen molar-refractivity contribution >= 4 is 18.0 Å². The van der Waals surface area contributed by atoms with E-state index >= 15 is 0 Å². The second kappa shape index (κ2) is 8.36. The number of fused-ring (bicyclic) bond motifs is 1. The largest absolute Gasteiger partial charge is 0.351 e. The molecule has 1 atom stereocenters. The van der Waals surface area contributed by atoms with Crippen molar-refractivity contribution in [3.63, 3.8) is 0 Å². The Morgan fingerprint density at radius 1 is 1.07 bits per heavy atom. The molecule has 0 bridgehead atoms. The second-order valence-electron chi connectivity index (χ2n) is 8.13. The molecule has 2 aromatic carbocycles. The molecule has 2 aliphatic rings. The Hall–Kier alpha value is -2.69. The molecule has 2 aliphatic carbocycles. The van der Waals surface area contributed by atoms with Crippen molar-refractivity contribution in [2.45, 2.75) is 62.9 Å². The summed E-state index contributed by atoms with van der Waals surface area (Å²) in [6, 6.07) is 13.9. The van der Waals surface area contributed by atoms with E-state index in [1.54, 1.807) is 12.1 Å². The molecule has 1 N–H and O–H groups in total. The normalized spacial score (nSPS) is 21.8. The van der Waals surface area contributed by atoms with E-state index in [2.05, 4.69) is 5.32 Å². The van der Waals surface area contributed by atoms with Gasteiger partial charge in [0.05, 0.1) is 0 Å². The molecule has 0 spiro atoms. The third kappa shape index (κ3) is 3.66. The molecule has 152 valence electrons. The van der Waals surface area contributed by atoms with Crippen LogP contribution in [-0.2, 0) is 21.5 Å². The van der Waals surface area contributed by atoms with Gasteiger partial charge in [-0.25, -0.2) is 4.39 Å². The highest BCUT2D eigenvalue weighted by atomic mass is 19.1. The summed E-state index contributed by atoms with van der Waals surface area (Å²) >= 11 is 0. The Morgan fingerprint density at radius 2 is 1.86 bits per heavy atom. The molecule has 0 unspecified atom stereocenters. The highest BCUT2D eigenvalue weighted by Gasteiger charge is 2.49. The number of carbonyl (C=O) groups is 2. The van der Waals surface area contributed by atoms with E-state index in [1.165, 1.54) is 23.5 Å². The molecule has 0 saturated heterocycles. The third-order valence-corrected chi connectivity index (χ3v) is 6.37. The Morgan fingerprint density at radius 3 is 2.62 bits per heavy atom. The maximum atomic E-state index is 14.0. The lowest BCUT2D eigenvalue weighted by molar-refractivity contribution is -0.130. The van der Waals surface area contributed by atoms with Gasteiger partial charge in [0.15, 0.2) is 5.54 Å². The van der Waals surface area contributed by atoms with Crippen LogP contribution in [0.3, 0.4) is 0 Å². The summed E-state index contributed by atoms with van der Waals surface area (Å²) in [5.74, 6) is -0.589. The smallest absolute Gasteiger partial charge is 0.251 e. The lowest BCUT2D eigenvalue weighted by atomic mass is 9.74. The van der Waals surface area contributed by atoms with Gasteiger partial charge in [-0.2, -0.15) is 0 Å². The van der Waals surface area contributed by atoms with E-state index in [1.807, 2.05) is 24.3 Å². The molecule has 2 aromatic rings. The van der Waals surface area contributed by atoms with E-state index in [9.17, 15) is 14.0 Å². The first-order valence-corrected chi connectivity index (χ1v) is 10.5. The van der Waals surface area contributed by atoms with Gasteiger partial charge < -0.3 is 5.32 Å². The van der Waals surface area contributed by atoms with Gasteiger partial charge in [0.25, 0.3) is 5.91 Å². The molecular weight excluding hydrogens is 367 g/mol. The number of carbonyl (C=O) groups excluding carboxylic acids is 2. The molecule has 1 saturated carbocycles. The number of hydrogen-bond donors (Lipinski definition) is 1. The van der Waals surface area contributed by atoms with E-state index in [0.717, 1.165) is 49.7 Å².